The van der Waals surface area contributed by atoms with Gasteiger partial charge in [0.1, 0.15) is 16.9 Å². The second-order valence-electron chi connectivity index (χ2n) is 12.6. The monoisotopic (exact) mass is 561 g/mol. The topological polar surface area (TPSA) is 110 Å². The number of anilines is 2. The van der Waals surface area contributed by atoms with Crippen molar-refractivity contribution in [3.8, 4) is 11.1 Å². The molecule has 0 atom stereocenters. The van der Waals surface area contributed by atoms with Gasteiger partial charge in [-0.2, -0.15) is 5.10 Å². The molecule has 0 aliphatic carbocycles. The van der Waals surface area contributed by atoms with E-state index in [1.54, 1.807) is 0 Å². The predicted octanol–water partition coefficient (Wildman–Crippen LogP) is 4.38. The van der Waals surface area contributed by atoms with Crippen LogP contribution in [0.3, 0.4) is 0 Å². The molecule has 6 rings (SSSR count). The lowest BCUT2D eigenvalue weighted by atomic mass is 9.97. The van der Waals surface area contributed by atoms with Gasteiger partial charge in [-0.05, 0) is 64.0 Å². The Morgan fingerprint density at radius 1 is 0.951 bits per heavy atom. The van der Waals surface area contributed by atoms with Gasteiger partial charge < -0.3 is 25.6 Å². The molecule has 3 fully saturated rings. The molecule has 3 aromatic rings. The second-order valence-corrected chi connectivity index (χ2v) is 12.6. The molecule has 3 saturated heterocycles. The van der Waals surface area contributed by atoms with Crippen molar-refractivity contribution in [1.29, 1.82) is 0 Å². The highest BCUT2D eigenvalue weighted by Crippen LogP contribution is 2.33. The molecule has 10 heteroatoms. The zero-order chi connectivity index (χ0) is 28.3. The van der Waals surface area contributed by atoms with Crippen molar-refractivity contribution in [2.24, 2.45) is 5.92 Å². The average Bonchev–Trinajstić information content (AvgIpc) is 3.48. The van der Waals surface area contributed by atoms with Gasteiger partial charge in [-0.15, -0.1) is 0 Å². The molecule has 41 heavy (non-hydrogen) atoms. The number of fused-ring (bicyclic) bond motifs is 1. The van der Waals surface area contributed by atoms with Crippen LogP contribution in [-0.4, -0.2) is 92.6 Å². The van der Waals surface area contributed by atoms with Gasteiger partial charge in [0.2, 0.25) is 0 Å². The minimum Gasteiger partial charge on any atom is -0.382 e. The van der Waals surface area contributed by atoms with Crippen molar-refractivity contribution in [3.05, 3.63) is 24.3 Å². The molecular weight excluding hydrogens is 514 g/mol. The van der Waals surface area contributed by atoms with Gasteiger partial charge in [0.05, 0.1) is 17.9 Å². The van der Waals surface area contributed by atoms with E-state index in [9.17, 15) is 0 Å². The number of aryl methyl sites for hydroxylation is 1. The third-order valence-corrected chi connectivity index (χ3v) is 9.18. The number of rotatable bonds is 8. The van der Waals surface area contributed by atoms with E-state index < -0.39 is 0 Å². The van der Waals surface area contributed by atoms with Gasteiger partial charge in [-0.3, -0.25) is 4.68 Å². The number of pyridine rings is 1. The van der Waals surface area contributed by atoms with Crippen LogP contribution < -0.4 is 11.1 Å². The van der Waals surface area contributed by atoms with Crippen LogP contribution in [0.2, 0.25) is 0 Å². The Hall–Kier alpha value is -2.82. The molecule has 0 radical (unpaired) electrons. The minimum absolute atomic E-state index is 0.338. The first kappa shape index (κ1) is 28.3. The molecule has 3 aliphatic rings. The summed E-state index contributed by atoms with van der Waals surface area (Å²) in [6, 6.07) is 1.48. The second kappa shape index (κ2) is 12.6. The summed E-state index contributed by atoms with van der Waals surface area (Å²) in [4.78, 5) is 19.9. The van der Waals surface area contributed by atoms with E-state index in [1.807, 2.05) is 12.4 Å². The smallest absolute Gasteiger partial charge is 0.151 e. The van der Waals surface area contributed by atoms with E-state index >= 15 is 0 Å². The molecule has 6 heterocycles. The summed E-state index contributed by atoms with van der Waals surface area (Å²) in [6.07, 6.45) is 13.5. The molecule has 3 N–H and O–H groups in total. The SMILES string of the molecule is CCc1nc2c(N)ncc(-c3cnn(C4CCN(C5CCN(CC(C)C)CC5)CC4)c3)c2nc1NC1CCOCC1. The molecule has 0 spiro atoms. The number of hydrogen-bond donors (Lipinski definition) is 2. The van der Waals surface area contributed by atoms with Crippen LogP contribution in [0, 0.1) is 5.92 Å². The van der Waals surface area contributed by atoms with E-state index in [-0.39, 0.29) is 0 Å². The van der Waals surface area contributed by atoms with Crippen molar-refractivity contribution in [2.75, 3.05) is 57.0 Å². The summed E-state index contributed by atoms with van der Waals surface area (Å²) < 4.78 is 7.71. The fourth-order valence-corrected chi connectivity index (χ4v) is 6.88. The van der Waals surface area contributed by atoms with E-state index in [2.05, 4.69) is 51.8 Å². The molecule has 10 nitrogen and oxygen atoms in total. The van der Waals surface area contributed by atoms with Crippen molar-refractivity contribution < 1.29 is 4.74 Å². The number of nitrogen functional groups attached to an aromatic ring is 1. The number of piperidine rings is 2. The number of nitrogens with one attached hydrogen (secondary N) is 1. The van der Waals surface area contributed by atoms with Gasteiger partial charge in [0.15, 0.2) is 5.82 Å². The summed E-state index contributed by atoms with van der Waals surface area (Å²) in [5.74, 6) is 2.01. The normalized spacial score (nSPS) is 20.8. The first-order valence-electron chi connectivity index (χ1n) is 15.8. The summed E-state index contributed by atoms with van der Waals surface area (Å²) in [7, 11) is 0. The number of hydrogen-bond acceptors (Lipinski definition) is 9. The number of likely N-dealkylation sites (tertiary alicyclic amines) is 2. The van der Waals surface area contributed by atoms with Crippen molar-refractivity contribution in [2.45, 2.75) is 83.8 Å². The summed E-state index contributed by atoms with van der Waals surface area (Å²) in [5, 5.41) is 8.47. The first-order valence-corrected chi connectivity index (χ1v) is 15.8. The molecular formula is C31H47N9O. The fraction of sp³-hybridized carbons (Fsp3) is 0.677. The van der Waals surface area contributed by atoms with Crippen LogP contribution in [0.25, 0.3) is 22.2 Å². The predicted molar refractivity (Wildman–Crippen MR) is 164 cm³/mol. The average molecular weight is 562 g/mol. The van der Waals surface area contributed by atoms with Crippen LogP contribution in [0.4, 0.5) is 11.6 Å². The van der Waals surface area contributed by atoms with E-state index in [0.29, 0.717) is 23.4 Å². The number of aromatic nitrogens is 5. The van der Waals surface area contributed by atoms with Crippen LogP contribution in [0.1, 0.15) is 71.0 Å². The third kappa shape index (κ3) is 6.34. The van der Waals surface area contributed by atoms with Gasteiger partial charge in [0, 0.05) is 68.5 Å². The number of ether oxygens (including phenoxy) is 1. The molecule has 3 aliphatic heterocycles. The lowest BCUT2D eigenvalue weighted by molar-refractivity contribution is 0.0736. The lowest BCUT2D eigenvalue weighted by Gasteiger charge is -2.42. The minimum atomic E-state index is 0.338. The van der Waals surface area contributed by atoms with Gasteiger partial charge in [0.25, 0.3) is 0 Å². The summed E-state index contributed by atoms with van der Waals surface area (Å²) in [6.45, 7) is 14.3. The van der Waals surface area contributed by atoms with E-state index in [1.165, 1.54) is 32.5 Å². The highest BCUT2D eigenvalue weighted by Gasteiger charge is 2.29. The Bertz CT molecular complexity index is 1300. The summed E-state index contributed by atoms with van der Waals surface area (Å²) in [5.41, 5.74) is 10.6. The molecule has 3 aromatic heterocycles. The van der Waals surface area contributed by atoms with E-state index in [4.69, 9.17) is 25.5 Å². The zero-order valence-corrected chi connectivity index (χ0v) is 25.1. The molecule has 0 unspecified atom stereocenters. The molecule has 0 amide bonds. The van der Waals surface area contributed by atoms with Crippen molar-refractivity contribution >= 4 is 22.7 Å². The molecule has 222 valence electrons. The number of nitrogens with two attached hydrogens (primary N) is 1. The Balaban J connectivity index is 1.16. The van der Waals surface area contributed by atoms with Gasteiger partial charge >= 0.3 is 0 Å². The van der Waals surface area contributed by atoms with Crippen LogP contribution in [-0.2, 0) is 11.2 Å². The zero-order valence-electron chi connectivity index (χ0n) is 25.1. The Morgan fingerprint density at radius 2 is 1.68 bits per heavy atom. The maximum absolute atomic E-state index is 6.31. The number of nitrogens with zero attached hydrogens (tertiary/aromatic N) is 7. The largest absolute Gasteiger partial charge is 0.382 e. The molecule has 0 bridgehead atoms. The van der Waals surface area contributed by atoms with E-state index in [0.717, 1.165) is 98.5 Å². The molecule has 0 saturated carbocycles. The third-order valence-electron chi connectivity index (χ3n) is 9.18. The van der Waals surface area contributed by atoms with Crippen molar-refractivity contribution in [1.82, 2.24) is 34.5 Å². The Kier molecular flexibility index (Phi) is 8.69. The summed E-state index contributed by atoms with van der Waals surface area (Å²) >= 11 is 0. The fourth-order valence-electron chi connectivity index (χ4n) is 6.88. The molecule has 0 aromatic carbocycles. The highest BCUT2D eigenvalue weighted by atomic mass is 16.5. The first-order chi connectivity index (χ1) is 20.0. The van der Waals surface area contributed by atoms with Crippen LogP contribution in [0.5, 0.6) is 0 Å². The lowest BCUT2D eigenvalue weighted by Crippen LogP contribution is -2.48. The maximum atomic E-state index is 6.31. The standard InChI is InChI=1S/C31H47N9O/c1-4-27-31(35-23-9-15-41-16-10-23)37-28-26(18-33-30(32)29(28)36-27)22-17-34-40(20-22)25-7-13-39(14-8-25)24-5-11-38(12-6-24)19-21(2)3/h17-18,20-21,23-25H,4-16,19H2,1-3H3,(H2,32,33)(H,35,37). The quantitative estimate of drug-likeness (QED) is 0.414. The highest BCUT2D eigenvalue weighted by molar-refractivity contribution is 5.96. The maximum Gasteiger partial charge on any atom is 0.151 e. The van der Waals surface area contributed by atoms with Gasteiger partial charge in [-0.25, -0.2) is 15.0 Å². The Labute approximate surface area is 244 Å². The van der Waals surface area contributed by atoms with Crippen LogP contribution in [0.15, 0.2) is 18.6 Å². The van der Waals surface area contributed by atoms with Gasteiger partial charge in [-0.1, -0.05) is 20.8 Å². The Morgan fingerprint density at radius 3 is 2.39 bits per heavy atom. The van der Waals surface area contributed by atoms with Crippen LogP contribution >= 0.6 is 0 Å². The van der Waals surface area contributed by atoms with Crippen molar-refractivity contribution in [3.63, 3.8) is 0 Å².